The molecule has 8 heavy (non-hydrogen) atoms. The van der Waals surface area contributed by atoms with Gasteiger partial charge in [0, 0.05) is 0 Å². The van der Waals surface area contributed by atoms with Gasteiger partial charge in [-0.25, -0.2) is 0 Å². The zero-order valence-corrected chi connectivity index (χ0v) is 10.9. The molecule has 0 radical (unpaired) electrons. The van der Waals surface area contributed by atoms with E-state index in [0.717, 1.165) is 0 Å². The molecule has 1 rings (SSSR count). The first-order chi connectivity index (χ1) is 4.00. The average molecular weight is 178 g/mol. The maximum Gasteiger partial charge on any atom is 0.0825 e. The molecule has 2 N–H and O–H groups in total. The Balaban J connectivity index is 2.00. The topological polar surface area (TPSA) is 24.1 Å². The minimum absolute atomic E-state index is 0.285. The van der Waals surface area contributed by atoms with Crippen molar-refractivity contribution in [2.24, 2.45) is 0 Å². The molecule has 1 aliphatic heterocycles. The highest BCUT2D eigenvalue weighted by molar-refractivity contribution is 6.70. The summed E-state index contributed by atoms with van der Waals surface area (Å²) < 4.78 is 7.39. The molecule has 0 aromatic heterocycles. The van der Waals surface area contributed by atoms with Gasteiger partial charge in [-0.2, -0.15) is 0 Å². The smallest absolute Gasteiger partial charge is 0.0825 e. The molecule has 0 spiro atoms. The third kappa shape index (κ3) is 2.94. The molecule has 48 valence electrons. The molecule has 1 saturated heterocycles. The second-order valence-corrected chi connectivity index (χ2v) is 13.9. The van der Waals surface area contributed by atoms with E-state index in [0.29, 0.717) is 0 Å². The Bertz CT molecular complexity index is 36.0. The molecule has 6 heteroatoms. The van der Waals surface area contributed by atoms with Crippen molar-refractivity contribution in [3.8, 4) is 0 Å². The fourth-order valence-electron chi connectivity index (χ4n) is 0.927. The van der Waals surface area contributed by atoms with Crippen molar-refractivity contribution >= 4 is 38.7 Å². The number of nitrogens with one attached hydrogen (secondary N) is 2. The van der Waals surface area contributed by atoms with Gasteiger partial charge in [0.25, 0.3) is 0 Å². The van der Waals surface area contributed by atoms with Gasteiger partial charge in [0.15, 0.2) is 0 Å². The van der Waals surface area contributed by atoms with Crippen LogP contribution >= 0.6 is 0 Å². The second kappa shape index (κ2) is 4.65. The summed E-state index contributed by atoms with van der Waals surface area (Å²) in [4.78, 5) is 0. The molecule has 0 atom stereocenters. The number of hydrogen-bond donors (Lipinski definition) is 2. The van der Waals surface area contributed by atoms with Crippen LogP contribution in [0.3, 0.4) is 0 Å². The van der Waals surface area contributed by atoms with Crippen LogP contribution in [0.5, 0.6) is 0 Å². The summed E-state index contributed by atoms with van der Waals surface area (Å²) >= 11 is 0. The van der Waals surface area contributed by atoms with Crippen LogP contribution in [-0.4, -0.2) is 38.7 Å². The molecule has 2 nitrogen and oxygen atoms in total. The summed E-state index contributed by atoms with van der Waals surface area (Å²) in [5.41, 5.74) is 3.25. The van der Waals surface area contributed by atoms with Crippen molar-refractivity contribution in [1.82, 2.24) is 9.30 Å². The van der Waals surface area contributed by atoms with E-state index in [4.69, 9.17) is 0 Å². The molecule has 0 amide bonds. The summed E-state index contributed by atoms with van der Waals surface area (Å²) in [6.45, 7) is 0. The molecule has 0 aromatic rings. The lowest BCUT2D eigenvalue weighted by atomic mass is 11.9. The van der Waals surface area contributed by atoms with Crippen LogP contribution in [0, 0.1) is 0 Å². The van der Waals surface area contributed by atoms with Gasteiger partial charge in [0.2, 0.25) is 0 Å². The Labute approximate surface area is 59.8 Å². The molecule has 1 fully saturated rings. The highest BCUT2D eigenvalue weighted by atomic mass is 28.4. The van der Waals surface area contributed by atoms with Gasteiger partial charge < -0.3 is 9.30 Å². The van der Waals surface area contributed by atoms with Crippen molar-refractivity contribution in [2.75, 3.05) is 0 Å². The maximum atomic E-state index is 3.69. The van der Waals surface area contributed by atoms with E-state index < -0.39 is 0 Å². The molecule has 0 aromatic carbocycles. The van der Waals surface area contributed by atoms with E-state index in [9.17, 15) is 0 Å². The summed E-state index contributed by atoms with van der Waals surface area (Å²) in [5, 5.41) is 0. The first-order valence-electron chi connectivity index (χ1n) is 3.41. The van der Waals surface area contributed by atoms with E-state index in [-0.39, 0.29) is 38.7 Å². The largest absolute Gasteiger partial charge is 0.369 e. The van der Waals surface area contributed by atoms with E-state index in [1.165, 1.54) is 0 Å². The van der Waals surface area contributed by atoms with E-state index in [1.54, 1.807) is 11.3 Å². The minimum Gasteiger partial charge on any atom is -0.369 e. The van der Waals surface area contributed by atoms with Crippen molar-refractivity contribution < 1.29 is 0 Å². The van der Waals surface area contributed by atoms with Gasteiger partial charge in [-0.1, -0.05) is 0 Å². The Morgan fingerprint density at radius 3 is 1.50 bits per heavy atom. The van der Waals surface area contributed by atoms with Gasteiger partial charge in [-0.05, 0) is 11.3 Å². The van der Waals surface area contributed by atoms with Crippen LogP contribution in [-0.2, 0) is 0 Å². The van der Waals surface area contributed by atoms with E-state index >= 15 is 0 Å². The van der Waals surface area contributed by atoms with E-state index in [1.807, 2.05) is 0 Å². The number of rotatable bonds is 0. The summed E-state index contributed by atoms with van der Waals surface area (Å²) in [6, 6.07) is 0. The van der Waals surface area contributed by atoms with Gasteiger partial charge in [-0.3, -0.25) is 0 Å². The van der Waals surface area contributed by atoms with Crippen LogP contribution in [0.15, 0.2) is 0 Å². The maximum absolute atomic E-state index is 3.69. The normalized spacial score (nSPS) is 36.0. The third-order valence-electron chi connectivity index (χ3n) is 1.41. The summed E-state index contributed by atoms with van der Waals surface area (Å²) in [5.74, 6) is 0. The Morgan fingerprint density at radius 1 is 0.750 bits per heavy atom. The standard InChI is InChI=1S/C2H14N2Si4/c1-5-3-7-2-8-4-6-1/h3-4H,1-2,5-8H2. The Kier molecular flexibility index (Phi) is 4.01. The fraction of sp³-hybridized carbons (Fsp3) is 1.00. The lowest BCUT2D eigenvalue weighted by Gasteiger charge is -2.07. The van der Waals surface area contributed by atoms with Crippen LogP contribution in [0.1, 0.15) is 0 Å². The van der Waals surface area contributed by atoms with E-state index in [2.05, 4.69) is 9.30 Å². The van der Waals surface area contributed by atoms with Gasteiger partial charge in [-0.15, -0.1) is 0 Å². The molecular weight excluding hydrogens is 164 g/mol. The SMILES string of the molecule is C1[SiH2]N[SiH2]C[SiH2]N[SiH2]1. The second-order valence-electron chi connectivity index (χ2n) is 2.21. The van der Waals surface area contributed by atoms with Crippen LogP contribution < -0.4 is 9.30 Å². The number of hydrogen-bond acceptors (Lipinski definition) is 2. The van der Waals surface area contributed by atoms with Gasteiger partial charge in [0.05, 0.1) is 38.7 Å². The molecule has 0 unspecified atom stereocenters. The quantitative estimate of drug-likeness (QED) is 0.373. The van der Waals surface area contributed by atoms with Crippen molar-refractivity contribution in [1.29, 1.82) is 0 Å². The van der Waals surface area contributed by atoms with Crippen molar-refractivity contribution in [2.45, 2.75) is 11.3 Å². The monoisotopic (exact) mass is 178 g/mol. The minimum atomic E-state index is 0.285. The van der Waals surface area contributed by atoms with Gasteiger partial charge >= 0.3 is 0 Å². The Hall–Kier alpha value is 0.788. The highest BCUT2D eigenvalue weighted by Crippen LogP contribution is 1.75. The summed E-state index contributed by atoms with van der Waals surface area (Å²) in [6.07, 6.45) is 0. The molecule has 0 aliphatic carbocycles. The Morgan fingerprint density at radius 2 is 1.12 bits per heavy atom. The molecule has 1 aliphatic rings. The highest BCUT2D eigenvalue weighted by Gasteiger charge is 1.95. The fourth-order valence-corrected chi connectivity index (χ4v) is 17.3. The first-order valence-corrected chi connectivity index (χ1v) is 10.2. The predicted molar refractivity (Wildman–Crippen MR) is 50.1 cm³/mol. The molecule has 0 bridgehead atoms. The van der Waals surface area contributed by atoms with Crippen molar-refractivity contribution in [3.05, 3.63) is 0 Å². The predicted octanol–water partition coefficient (Wildman–Crippen LogP) is -3.73. The molecule has 1 heterocycles. The summed E-state index contributed by atoms with van der Waals surface area (Å²) in [7, 11) is 1.14. The average Bonchev–Trinajstić information content (AvgIpc) is 1.62. The third-order valence-corrected chi connectivity index (χ3v) is 12.7. The van der Waals surface area contributed by atoms with Crippen LogP contribution in [0.2, 0.25) is 11.3 Å². The van der Waals surface area contributed by atoms with Crippen LogP contribution in [0.25, 0.3) is 0 Å². The van der Waals surface area contributed by atoms with Crippen molar-refractivity contribution in [3.63, 3.8) is 0 Å². The first kappa shape index (κ1) is 6.90. The van der Waals surface area contributed by atoms with Gasteiger partial charge in [0.1, 0.15) is 0 Å². The molecule has 0 saturated carbocycles. The lowest BCUT2D eigenvalue weighted by molar-refractivity contribution is 1.44. The molecular formula is C2H14N2Si4. The van der Waals surface area contributed by atoms with Crippen LogP contribution in [0.4, 0.5) is 0 Å². The zero-order valence-electron chi connectivity index (χ0n) is 5.24. The zero-order chi connectivity index (χ0) is 5.66. The lowest BCUT2D eigenvalue weighted by Crippen LogP contribution is -2.36.